The number of sulfonamides is 1. The molecule has 0 heterocycles. The predicted molar refractivity (Wildman–Crippen MR) is 77.7 cm³/mol. The number of benzene rings is 2. The maximum Gasteiger partial charge on any atom is 0.238 e. The van der Waals surface area contributed by atoms with Gasteiger partial charge in [0.2, 0.25) is 10.0 Å². The first kappa shape index (κ1) is 15.0. The van der Waals surface area contributed by atoms with Gasteiger partial charge in [0.1, 0.15) is 0 Å². The zero-order valence-corrected chi connectivity index (χ0v) is 12.5. The van der Waals surface area contributed by atoms with E-state index in [2.05, 4.69) is 0 Å². The molecule has 0 aliphatic carbocycles. The number of hydrogen-bond acceptors (Lipinski definition) is 4. The van der Waals surface area contributed by atoms with Gasteiger partial charge in [0.15, 0.2) is 9.84 Å². The van der Waals surface area contributed by atoms with E-state index in [1.165, 1.54) is 12.1 Å². The Bertz CT molecular complexity index is 855. The number of hydrogen-bond donors (Lipinski definition) is 1. The Kier molecular flexibility index (Phi) is 3.86. The average Bonchev–Trinajstić information content (AvgIpc) is 2.36. The maximum atomic E-state index is 12.2. The third kappa shape index (κ3) is 2.70. The standard InChI is InChI=1S/C13H15NO4S2/c1-2-9-19(15,16)12-7-8-13(20(14,17)18)11-6-4-3-5-10(11)12/h3-8H,2,9H2,1H3,(H2,14,17,18). The lowest BCUT2D eigenvalue weighted by Gasteiger charge is -2.10. The van der Waals surface area contributed by atoms with Gasteiger partial charge in [0.25, 0.3) is 0 Å². The Labute approximate surface area is 118 Å². The SMILES string of the molecule is CCCS(=O)(=O)c1ccc(S(N)(=O)=O)c2ccccc12. The summed E-state index contributed by atoms with van der Waals surface area (Å²) in [7, 11) is -7.33. The van der Waals surface area contributed by atoms with Gasteiger partial charge < -0.3 is 0 Å². The molecule has 0 amide bonds. The second-order valence-electron chi connectivity index (χ2n) is 4.47. The molecule has 2 N–H and O–H groups in total. The van der Waals surface area contributed by atoms with Crippen molar-refractivity contribution >= 4 is 30.6 Å². The van der Waals surface area contributed by atoms with Gasteiger partial charge in [0.05, 0.1) is 15.5 Å². The third-order valence-corrected chi connectivity index (χ3v) is 5.90. The van der Waals surface area contributed by atoms with Crippen molar-refractivity contribution in [2.45, 2.75) is 23.1 Å². The van der Waals surface area contributed by atoms with Crippen LogP contribution in [-0.2, 0) is 19.9 Å². The average molecular weight is 313 g/mol. The van der Waals surface area contributed by atoms with Crippen LogP contribution in [0, 0.1) is 0 Å². The zero-order valence-electron chi connectivity index (χ0n) is 10.9. The Balaban J connectivity index is 2.87. The summed E-state index contributed by atoms with van der Waals surface area (Å²) in [6.07, 6.45) is 0.494. The van der Waals surface area contributed by atoms with Crippen LogP contribution in [0.3, 0.4) is 0 Å². The first-order valence-corrected chi connectivity index (χ1v) is 9.24. The van der Waals surface area contributed by atoms with E-state index in [0.29, 0.717) is 17.2 Å². The van der Waals surface area contributed by atoms with Gasteiger partial charge >= 0.3 is 0 Å². The predicted octanol–water partition coefficient (Wildman–Crippen LogP) is 1.67. The molecule has 2 aromatic rings. The van der Waals surface area contributed by atoms with Crippen molar-refractivity contribution in [1.82, 2.24) is 0 Å². The topological polar surface area (TPSA) is 94.3 Å². The van der Waals surface area contributed by atoms with Gasteiger partial charge in [-0.3, -0.25) is 0 Å². The van der Waals surface area contributed by atoms with E-state index < -0.39 is 19.9 Å². The monoisotopic (exact) mass is 313 g/mol. The molecule has 0 aliphatic rings. The highest BCUT2D eigenvalue weighted by molar-refractivity contribution is 7.91. The van der Waals surface area contributed by atoms with Crippen LogP contribution >= 0.6 is 0 Å². The Morgan fingerprint density at radius 3 is 1.90 bits per heavy atom. The van der Waals surface area contributed by atoms with Crippen LogP contribution in [0.15, 0.2) is 46.2 Å². The molecule has 0 radical (unpaired) electrons. The van der Waals surface area contributed by atoms with E-state index in [1.54, 1.807) is 31.2 Å². The number of nitrogens with two attached hydrogens (primary N) is 1. The normalized spacial score (nSPS) is 12.7. The van der Waals surface area contributed by atoms with Crippen LogP contribution in [0.2, 0.25) is 0 Å². The number of sulfone groups is 1. The molecule has 0 aromatic heterocycles. The molecule has 7 heteroatoms. The van der Waals surface area contributed by atoms with Gasteiger partial charge in [-0.05, 0) is 18.6 Å². The van der Waals surface area contributed by atoms with Crippen LogP contribution in [0.4, 0.5) is 0 Å². The third-order valence-electron chi connectivity index (χ3n) is 2.96. The minimum absolute atomic E-state index is 0.0196. The van der Waals surface area contributed by atoms with E-state index in [4.69, 9.17) is 5.14 Å². The lowest BCUT2D eigenvalue weighted by atomic mass is 10.1. The second kappa shape index (κ2) is 5.16. The molecule has 0 bridgehead atoms. The van der Waals surface area contributed by atoms with E-state index in [0.717, 1.165) is 0 Å². The molecule has 108 valence electrons. The summed E-state index contributed by atoms with van der Waals surface area (Å²) >= 11 is 0. The van der Waals surface area contributed by atoms with Crippen LogP contribution in [-0.4, -0.2) is 22.6 Å². The lowest BCUT2D eigenvalue weighted by Crippen LogP contribution is -2.14. The van der Waals surface area contributed by atoms with Crippen molar-refractivity contribution in [1.29, 1.82) is 0 Å². The molecular formula is C13H15NO4S2. The summed E-state index contributed by atoms with van der Waals surface area (Å²) in [5.74, 6) is 0.0196. The summed E-state index contributed by atoms with van der Waals surface area (Å²) in [5.41, 5.74) is 0. The molecule has 5 nitrogen and oxygen atoms in total. The molecule has 2 aromatic carbocycles. The Hall–Kier alpha value is -1.44. The fourth-order valence-corrected chi connectivity index (χ4v) is 4.43. The minimum Gasteiger partial charge on any atom is -0.225 e. The molecule has 0 unspecified atom stereocenters. The van der Waals surface area contributed by atoms with Crippen LogP contribution in [0.1, 0.15) is 13.3 Å². The molecule has 0 saturated heterocycles. The quantitative estimate of drug-likeness (QED) is 0.929. The van der Waals surface area contributed by atoms with Crippen LogP contribution in [0.5, 0.6) is 0 Å². The van der Waals surface area contributed by atoms with Crippen LogP contribution in [0.25, 0.3) is 10.8 Å². The first-order valence-electron chi connectivity index (χ1n) is 6.04. The summed E-state index contributed by atoms with van der Waals surface area (Å²) in [6.45, 7) is 1.78. The number of primary sulfonamides is 1. The molecule has 0 atom stereocenters. The van der Waals surface area contributed by atoms with Crippen molar-refractivity contribution < 1.29 is 16.8 Å². The highest BCUT2D eigenvalue weighted by atomic mass is 32.2. The smallest absolute Gasteiger partial charge is 0.225 e. The van der Waals surface area contributed by atoms with Gasteiger partial charge in [-0.25, -0.2) is 22.0 Å². The van der Waals surface area contributed by atoms with Crippen molar-refractivity contribution in [2.75, 3.05) is 5.75 Å². The highest BCUT2D eigenvalue weighted by Crippen LogP contribution is 2.29. The van der Waals surface area contributed by atoms with Crippen LogP contribution < -0.4 is 5.14 Å². The Morgan fingerprint density at radius 2 is 1.40 bits per heavy atom. The summed E-state index contributed by atoms with van der Waals surface area (Å²) in [5, 5.41) is 5.87. The molecule has 0 aliphatic heterocycles. The summed E-state index contributed by atoms with van der Waals surface area (Å²) in [4.78, 5) is 0.0749. The molecule has 2 rings (SSSR count). The van der Waals surface area contributed by atoms with Gasteiger partial charge in [0, 0.05) is 10.8 Å². The summed E-state index contributed by atoms with van der Waals surface area (Å²) in [6, 6.07) is 9.02. The highest BCUT2D eigenvalue weighted by Gasteiger charge is 2.20. The first-order chi connectivity index (χ1) is 9.27. The Morgan fingerprint density at radius 1 is 0.900 bits per heavy atom. The second-order valence-corrected chi connectivity index (χ2v) is 8.08. The zero-order chi connectivity index (χ0) is 15.0. The lowest BCUT2D eigenvalue weighted by molar-refractivity contribution is 0.593. The molecule has 0 saturated carbocycles. The number of rotatable bonds is 4. The summed E-state index contributed by atoms with van der Waals surface area (Å²) < 4.78 is 47.6. The van der Waals surface area contributed by atoms with Crippen molar-refractivity contribution in [3.8, 4) is 0 Å². The minimum atomic E-state index is -3.90. The van der Waals surface area contributed by atoms with E-state index in [-0.39, 0.29) is 15.5 Å². The molecule has 20 heavy (non-hydrogen) atoms. The molecule has 0 spiro atoms. The van der Waals surface area contributed by atoms with Gasteiger partial charge in [-0.1, -0.05) is 31.2 Å². The maximum absolute atomic E-state index is 12.2. The largest absolute Gasteiger partial charge is 0.238 e. The number of fused-ring (bicyclic) bond motifs is 1. The fourth-order valence-electron chi connectivity index (χ4n) is 2.14. The van der Waals surface area contributed by atoms with Crippen molar-refractivity contribution in [3.63, 3.8) is 0 Å². The fraction of sp³-hybridized carbons (Fsp3) is 0.231. The van der Waals surface area contributed by atoms with Crippen molar-refractivity contribution in [2.24, 2.45) is 5.14 Å². The molecular weight excluding hydrogens is 298 g/mol. The molecule has 0 fully saturated rings. The van der Waals surface area contributed by atoms with Gasteiger partial charge in [-0.15, -0.1) is 0 Å². The van der Waals surface area contributed by atoms with Gasteiger partial charge in [-0.2, -0.15) is 0 Å². The van der Waals surface area contributed by atoms with E-state index >= 15 is 0 Å². The van der Waals surface area contributed by atoms with Crippen molar-refractivity contribution in [3.05, 3.63) is 36.4 Å². The van der Waals surface area contributed by atoms with E-state index in [1.807, 2.05) is 0 Å². The van der Waals surface area contributed by atoms with E-state index in [9.17, 15) is 16.8 Å².